The third-order valence-corrected chi connectivity index (χ3v) is 14.0. The van der Waals surface area contributed by atoms with Gasteiger partial charge in [-0.2, -0.15) is 26.3 Å². The van der Waals surface area contributed by atoms with Crippen LogP contribution in [0.15, 0.2) is 158 Å². The Bertz CT molecular complexity index is 3770. The summed E-state index contributed by atoms with van der Waals surface area (Å²) < 4.78 is 98.2. The Hall–Kier alpha value is -6.62. The Kier molecular flexibility index (Phi) is 7.33. The third-order valence-electron chi connectivity index (χ3n) is 11.8. The number of rotatable bonds is 3. The molecule has 0 fully saturated rings. The fourth-order valence-corrected chi connectivity index (χ4v) is 11.5. The molecule has 10 heteroatoms. The van der Waals surface area contributed by atoms with E-state index in [1.165, 1.54) is 18.2 Å². The van der Waals surface area contributed by atoms with Crippen LogP contribution >= 0.6 is 22.7 Å². The van der Waals surface area contributed by atoms with Crippen LogP contribution in [0.25, 0.3) is 106 Å². The molecule has 0 radical (unpaired) electrons. The van der Waals surface area contributed by atoms with E-state index >= 15 is 13.2 Å². The molecule has 0 saturated heterocycles. The normalized spacial score (nSPS) is 12.8. The topological polar surface area (TPSA) is 9.86 Å². The number of hydrogen-bond donors (Lipinski definition) is 0. The van der Waals surface area contributed by atoms with Crippen LogP contribution in [0.5, 0.6) is 0 Å². The summed E-state index contributed by atoms with van der Waals surface area (Å²) >= 11 is 3.26. The van der Waals surface area contributed by atoms with Crippen molar-refractivity contribution in [3.63, 3.8) is 0 Å². The lowest BCUT2D eigenvalue weighted by Gasteiger charge is -2.23. The summed E-state index contributed by atoms with van der Waals surface area (Å²) in [5.41, 5.74) is 1.01. The van der Waals surface area contributed by atoms with Crippen molar-refractivity contribution in [2.75, 3.05) is 0 Å². The predicted octanol–water partition coefficient (Wildman–Crippen LogP) is 16.3. The molecule has 4 heterocycles. The van der Waals surface area contributed by atoms with Crippen LogP contribution in [0, 0.1) is 0 Å². The van der Waals surface area contributed by atoms with Crippen molar-refractivity contribution in [2.24, 2.45) is 0 Å². The zero-order valence-electron chi connectivity index (χ0n) is 31.0. The van der Waals surface area contributed by atoms with Crippen LogP contribution in [0.2, 0.25) is 0 Å². The number of thiophene rings is 2. The van der Waals surface area contributed by atoms with Gasteiger partial charge in [0.2, 0.25) is 0 Å². The molecule has 290 valence electrons. The molecule has 0 aliphatic heterocycles. The Morgan fingerprint density at radius 2 is 0.867 bits per heavy atom. The van der Waals surface area contributed by atoms with Gasteiger partial charge in [-0.15, -0.1) is 22.7 Å². The zero-order chi connectivity index (χ0) is 40.7. The summed E-state index contributed by atoms with van der Waals surface area (Å²) in [5, 5.41) is 7.38. The Morgan fingerprint density at radius 1 is 0.383 bits per heavy atom. The van der Waals surface area contributed by atoms with Crippen molar-refractivity contribution in [3.05, 3.63) is 169 Å². The molecule has 0 spiro atoms. The first-order valence-electron chi connectivity index (χ1n) is 19.1. The highest BCUT2D eigenvalue weighted by Crippen LogP contribution is 2.49. The lowest BCUT2D eigenvalue weighted by Crippen LogP contribution is -2.12. The van der Waals surface area contributed by atoms with Gasteiger partial charge in [-0.1, -0.05) is 97.1 Å². The van der Waals surface area contributed by atoms with E-state index in [2.05, 4.69) is 30.3 Å². The quantitative estimate of drug-likeness (QED) is 0.157. The van der Waals surface area contributed by atoms with Gasteiger partial charge >= 0.3 is 12.4 Å². The summed E-state index contributed by atoms with van der Waals surface area (Å²) in [6.07, 6.45) is -9.72. The summed E-state index contributed by atoms with van der Waals surface area (Å²) in [7, 11) is 0. The molecule has 0 aliphatic carbocycles. The highest BCUT2D eigenvalue weighted by atomic mass is 32.1. The van der Waals surface area contributed by atoms with E-state index in [0.717, 1.165) is 96.6 Å². The minimum Gasteiger partial charge on any atom is -0.306 e. The van der Waals surface area contributed by atoms with Gasteiger partial charge in [0.25, 0.3) is 0 Å². The largest absolute Gasteiger partial charge is 0.417 e. The molecular formula is C50H26F6N2S2. The standard InChI is InChI=1S/C50H26F6N2S2/c51-49(52,53)28-11-9-10-27(24-28)35-25-39(57-37-16-5-1-12-29(37)31-20-22-43-45(47(31)57)33-14-3-7-18-41(33)59-43)40(26-36(35)50(54,55)56)58-38-17-6-2-13-30(38)32-21-23-44-46(48(32)58)34-15-4-8-19-42(34)60-44/h1-26H. The molecule has 0 unspecified atom stereocenters. The first-order chi connectivity index (χ1) is 29.0. The average molecular weight is 833 g/mol. The van der Waals surface area contributed by atoms with Crippen molar-refractivity contribution < 1.29 is 26.3 Å². The second-order valence-electron chi connectivity index (χ2n) is 15.0. The van der Waals surface area contributed by atoms with Gasteiger partial charge in [0.1, 0.15) is 0 Å². The van der Waals surface area contributed by atoms with Crippen LogP contribution in [0.4, 0.5) is 26.3 Å². The Labute approximate surface area is 344 Å². The molecule has 2 nitrogen and oxygen atoms in total. The van der Waals surface area contributed by atoms with Gasteiger partial charge in [0.05, 0.1) is 44.6 Å². The smallest absolute Gasteiger partial charge is 0.306 e. The molecule has 0 amide bonds. The van der Waals surface area contributed by atoms with E-state index in [0.29, 0.717) is 11.2 Å². The molecule has 12 aromatic rings. The summed E-state index contributed by atoms with van der Waals surface area (Å²) in [5.74, 6) is 0. The van der Waals surface area contributed by atoms with Crippen molar-refractivity contribution in [1.29, 1.82) is 0 Å². The van der Waals surface area contributed by atoms with E-state index in [1.807, 2.05) is 100 Å². The van der Waals surface area contributed by atoms with Crippen molar-refractivity contribution >= 4 is 107 Å². The Morgan fingerprint density at radius 3 is 1.38 bits per heavy atom. The number of nitrogens with zero attached hydrogens (tertiary/aromatic N) is 2. The van der Waals surface area contributed by atoms with E-state index in [-0.39, 0.29) is 16.8 Å². The van der Waals surface area contributed by atoms with Gasteiger partial charge < -0.3 is 9.13 Å². The minimum absolute atomic E-state index is 0.190. The minimum atomic E-state index is -4.95. The first kappa shape index (κ1) is 35.3. The second-order valence-corrected chi connectivity index (χ2v) is 17.2. The van der Waals surface area contributed by atoms with E-state index in [1.54, 1.807) is 22.7 Å². The third kappa shape index (κ3) is 5.01. The monoisotopic (exact) mass is 832 g/mol. The maximum atomic E-state index is 15.8. The van der Waals surface area contributed by atoms with Gasteiger partial charge in [-0.3, -0.25) is 0 Å². The predicted molar refractivity (Wildman–Crippen MR) is 236 cm³/mol. The number of hydrogen-bond acceptors (Lipinski definition) is 2. The summed E-state index contributed by atoms with van der Waals surface area (Å²) in [6.45, 7) is 0. The van der Waals surface area contributed by atoms with Gasteiger partial charge in [-0.25, -0.2) is 0 Å². The fourth-order valence-electron chi connectivity index (χ4n) is 9.30. The number of fused-ring (bicyclic) bond motifs is 14. The van der Waals surface area contributed by atoms with Crippen LogP contribution in [0.3, 0.4) is 0 Å². The van der Waals surface area contributed by atoms with E-state index < -0.39 is 23.5 Å². The Balaban J connectivity index is 1.34. The molecule has 0 atom stereocenters. The molecule has 60 heavy (non-hydrogen) atoms. The second kappa shape index (κ2) is 12.5. The highest BCUT2D eigenvalue weighted by Gasteiger charge is 2.37. The SMILES string of the molecule is FC(F)(F)c1cccc(-c2cc(-n3c4ccccc4c4ccc5sc6ccccc6c5c43)c(-n3c4ccccc4c4ccc5sc6ccccc6c5c43)cc2C(F)(F)F)c1. The van der Waals surface area contributed by atoms with Crippen LogP contribution < -0.4 is 0 Å². The lowest BCUT2D eigenvalue weighted by molar-refractivity contribution is -0.137. The summed E-state index contributed by atoms with van der Waals surface area (Å²) in [4.78, 5) is 0. The highest BCUT2D eigenvalue weighted by molar-refractivity contribution is 7.26. The summed E-state index contributed by atoms with van der Waals surface area (Å²) in [6, 6.07) is 46.7. The number of aromatic nitrogens is 2. The van der Waals surface area contributed by atoms with Crippen LogP contribution in [0.1, 0.15) is 11.1 Å². The number of halogens is 6. The first-order valence-corrected chi connectivity index (χ1v) is 20.8. The number of benzene rings is 8. The van der Waals surface area contributed by atoms with Crippen LogP contribution in [-0.4, -0.2) is 9.13 Å². The van der Waals surface area contributed by atoms with Gasteiger partial charge in [0, 0.05) is 61.9 Å². The molecule has 12 rings (SSSR count). The van der Waals surface area contributed by atoms with Crippen molar-refractivity contribution in [1.82, 2.24) is 9.13 Å². The molecule has 0 aliphatic rings. The molecule has 0 N–H and O–H groups in total. The van der Waals surface area contributed by atoms with Crippen molar-refractivity contribution in [2.45, 2.75) is 12.4 Å². The molecule has 8 aromatic carbocycles. The van der Waals surface area contributed by atoms with Gasteiger partial charge in [-0.05, 0) is 71.8 Å². The maximum Gasteiger partial charge on any atom is 0.417 e. The van der Waals surface area contributed by atoms with E-state index in [4.69, 9.17) is 0 Å². The van der Waals surface area contributed by atoms with Crippen LogP contribution in [-0.2, 0) is 12.4 Å². The van der Waals surface area contributed by atoms with E-state index in [9.17, 15) is 13.2 Å². The average Bonchev–Trinajstić information content (AvgIpc) is 4.00. The number of alkyl halides is 6. The van der Waals surface area contributed by atoms with Crippen molar-refractivity contribution in [3.8, 4) is 22.5 Å². The molecule has 0 bridgehead atoms. The maximum absolute atomic E-state index is 15.8. The fraction of sp³-hybridized carbons (Fsp3) is 0.0400. The van der Waals surface area contributed by atoms with Gasteiger partial charge in [0.15, 0.2) is 0 Å². The molecule has 0 saturated carbocycles. The number of para-hydroxylation sites is 2. The zero-order valence-corrected chi connectivity index (χ0v) is 32.6. The lowest BCUT2D eigenvalue weighted by atomic mass is 9.95. The molecular weight excluding hydrogens is 807 g/mol. The molecule has 4 aromatic heterocycles.